The fourth-order valence-corrected chi connectivity index (χ4v) is 4.03. The average Bonchev–Trinajstić information content (AvgIpc) is 2.85. The fraction of sp³-hybridized carbons (Fsp3) is 0.333. The molecule has 0 radical (unpaired) electrons. The van der Waals surface area contributed by atoms with Gasteiger partial charge in [-0.05, 0) is 11.6 Å². The van der Waals surface area contributed by atoms with Gasteiger partial charge < -0.3 is 10.2 Å². The fourth-order valence-electron chi connectivity index (χ4n) is 4.03. The molecule has 0 aliphatic carbocycles. The number of hydrogen-bond acceptors (Lipinski definition) is 3. The molecule has 0 spiro atoms. The van der Waals surface area contributed by atoms with Gasteiger partial charge in [0.1, 0.15) is 5.84 Å². The van der Waals surface area contributed by atoms with Crippen molar-refractivity contribution in [3.8, 4) is 0 Å². The quantitative estimate of drug-likeness (QED) is 0.916. The van der Waals surface area contributed by atoms with Gasteiger partial charge in [-0.3, -0.25) is 9.79 Å². The summed E-state index contributed by atoms with van der Waals surface area (Å²) >= 11 is 0. The van der Waals surface area contributed by atoms with E-state index in [4.69, 9.17) is 4.99 Å². The summed E-state index contributed by atoms with van der Waals surface area (Å²) in [5, 5.41) is 3.24. The standard InChI is InChI=1S/C21H23N3O/c1-15(25)23-21(16-9-5-4-6-10-16)17-11-7-8-12-18(17)24-14-20(2,3)13-22-19(21)24/h4-12H,13-14H2,1-3H3,(H,23,25). The molecule has 0 fully saturated rings. The molecule has 4 heteroatoms. The van der Waals surface area contributed by atoms with E-state index < -0.39 is 5.54 Å². The predicted molar refractivity (Wildman–Crippen MR) is 101 cm³/mol. The summed E-state index contributed by atoms with van der Waals surface area (Å²) in [6.45, 7) is 7.68. The van der Waals surface area contributed by atoms with Crippen LogP contribution in [0, 0.1) is 5.41 Å². The molecule has 1 atom stereocenters. The van der Waals surface area contributed by atoms with Crippen molar-refractivity contribution in [1.82, 2.24) is 5.32 Å². The maximum atomic E-state index is 12.2. The number of rotatable bonds is 2. The lowest BCUT2D eigenvalue weighted by molar-refractivity contribution is -0.119. The summed E-state index contributed by atoms with van der Waals surface area (Å²) < 4.78 is 0. The molecular weight excluding hydrogens is 310 g/mol. The highest BCUT2D eigenvalue weighted by atomic mass is 16.1. The Kier molecular flexibility index (Phi) is 3.46. The first kappa shape index (κ1) is 15.9. The molecule has 1 N–H and O–H groups in total. The summed E-state index contributed by atoms with van der Waals surface area (Å²) in [7, 11) is 0. The maximum Gasteiger partial charge on any atom is 0.218 e. The minimum absolute atomic E-state index is 0.0620. The molecule has 0 saturated heterocycles. The third kappa shape index (κ3) is 2.36. The minimum Gasteiger partial charge on any atom is -0.336 e. The summed E-state index contributed by atoms with van der Waals surface area (Å²) in [5.41, 5.74) is 2.64. The van der Waals surface area contributed by atoms with Gasteiger partial charge in [0.05, 0.1) is 0 Å². The van der Waals surface area contributed by atoms with Crippen LogP contribution < -0.4 is 10.2 Å². The van der Waals surface area contributed by atoms with Crippen LogP contribution in [0.15, 0.2) is 59.6 Å². The molecule has 4 nitrogen and oxygen atoms in total. The van der Waals surface area contributed by atoms with Crippen LogP contribution in [0.3, 0.4) is 0 Å². The van der Waals surface area contributed by atoms with E-state index in [1.54, 1.807) is 6.92 Å². The van der Waals surface area contributed by atoms with Crippen LogP contribution in [-0.4, -0.2) is 24.8 Å². The summed E-state index contributed by atoms with van der Waals surface area (Å²) in [5.74, 6) is 0.863. The molecule has 128 valence electrons. The number of benzene rings is 2. The number of para-hydroxylation sites is 1. The van der Waals surface area contributed by atoms with E-state index in [0.717, 1.165) is 35.7 Å². The highest BCUT2D eigenvalue weighted by Gasteiger charge is 2.52. The number of nitrogens with one attached hydrogen (secondary N) is 1. The molecule has 2 aliphatic rings. The Morgan fingerprint density at radius 2 is 1.76 bits per heavy atom. The van der Waals surface area contributed by atoms with E-state index >= 15 is 0 Å². The molecule has 1 amide bonds. The van der Waals surface area contributed by atoms with E-state index in [0.29, 0.717) is 0 Å². The Morgan fingerprint density at radius 1 is 1.08 bits per heavy atom. The molecule has 1 unspecified atom stereocenters. The SMILES string of the molecule is CC(=O)NC1(c2ccccc2)C2=NCC(C)(C)CN2c2ccccc21. The van der Waals surface area contributed by atoms with Gasteiger partial charge in [-0.2, -0.15) is 0 Å². The van der Waals surface area contributed by atoms with Crippen molar-refractivity contribution in [2.45, 2.75) is 26.3 Å². The number of hydrogen-bond donors (Lipinski definition) is 1. The zero-order valence-corrected chi connectivity index (χ0v) is 14.9. The second-order valence-electron chi connectivity index (χ2n) is 7.70. The van der Waals surface area contributed by atoms with Crippen LogP contribution in [0.25, 0.3) is 0 Å². The molecule has 2 heterocycles. The van der Waals surface area contributed by atoms with Crippen molar-refractivity contribution in [3.63, 3.8) is 0 Å². The van der Waals surface area contributed by atoms with Gasteiger partial charge in [-0.15, -0.1) is 0 Å². The van der Waals surface area contributed by atoms with Crippen LogP contribution in [0.1, 0.15) is 31.9 Å². The van der Waals surface area contributed by atoms with Crippen molar-refractivity contribution in [1.29, 1.82) is 0 Å². The topological polar surface area (TPSA) is 44.7 Å². The smallest absolute Gasteiger partial charge is 0.218 e. The Morgan fingerprint density at radius 3 is 2.48 bits per heavy atom. The largest absolute Gasteiger partial charge is 0.336 e. The van der Waals surface area contributed by atoms with Crippen LogP contribution in [0.2, 0.25) is 0 Å². The molecule has 4 rings (SSSR count). The normalized spacial score (nSPS) is 23.5. The van der Waals surface area contributed by atoms with Gasteiger partial charge in [0, 0.05) is 36.7 Å². The van der Waals surface area contributed by atoms with Gasteiger partial charge in [-0.1, -0.05) is 62.4 Å². The Labute approximate surface area is 148 Å². The second kappa shape index (κ2) is 5.45. The van der Waals surface area contributed by atoms with Crippen LogP contribution in [0.5, 0.6) is 0 Å². The van der Waals surface area contributed by atoms with Crippen molar-refractivity contribution >= 4 is 17.4 Å². The van der Waals surface area contributed by atoms with E-state index in [-0.39, 0.29) is 11.3 Å². The first-order chi connectivity index (χ1) is 11.9. The third-order valence-corrected chi connectivity index (χ3v) is 5.00. The Hall–Kier alpha value is -2.62. The van der Waals surface area contributed by atoms with Crippen molar-refractivity contribution in [2.24, 2.45) is 10.4 Å². The third-order valence-electron chi connectivity index (χ3n) is 5.00. The van der Waals surface area contributed by atoms with Crippen LogP contribution in [-0.2, 0) is 10.3 Å². The lowest BCUT2D eigenvalue weighted by atomic mass is 9.82. The van der Waals surface area contributed by atoms with E-state index in [2.05, 4.69) is 48.3 Å². The van der Waals surface area contributed by atoms with Crippen molar-refractivity contribution < 1.29 is 4.79 Å². The zero-order valence-electron chi connectivity index (χ0n) is 14.9. The number of anilines is 1. The molecule has 0 saturated carbocycles. The number of aliphatic imine (C=N–C) groups is 1. The number of carbonyl (C=O) groups is 1. The number of fused-ring (bicyclic) bond motifs is 3. The first-order valence-electron chi connectivity index (χ1n) is 8.70. The molecule has 2 aromatic carbocycles. The van der Waals surface area contributed by atoms with E-state index in [1.807, 2.05) is 30.3 Å². The lowest BCUT2D eigenvalue weighted by Crippen LogP contribution is -2.56. The Balaban J connectivity index is 2.02. The van der Waals surface area contributed by atoms with E-state index in [1.165, 1.54) is 0 Å². The second-order valence-corrected chi connectivity index (χ2v) is 7.70. The maximum absolute atomic E-state index is 12.2. The first-order valence-corrected chi connectivity index (χ1v) is 8.70. The molecular formula is C21H23N3O. The van der Waals surface area contributed by atoms with E-state index in [9.17, 15) is 4.79 Å². The Bertz CT molecular complexity index is 856. The number of nitrogens with zero attached hydrogens (tertiary/aromatic N) is 2. The highest BCUT2D eigenvalue weighted by molar-refractivity contribution is 6.15. The molecule has 0 aromatic heterocycles. The summed E-state index contributed by atoms with van der Waals surface area (Å²) in [6.07, 6.45) is 0. The lowest BCUT2D eigenvalue weighted by Gasteiger charge is -2.40. The average molecular weight is 333 g/mol. The molecule has 2 aromatic rings. The van der Waals surface area contributed by atoms with Crippen LogP contribution >= 0.6 is 0 Å². The predicted octanol–water partition coefficient (Wildman–Crippen LogP) is 3.32. The minimum atomic E-state index is -0.722. The molecule has 2 aliphatic heterocycles. The monoisotopic (exact) mass is 333 g/mol. The summed E-state index contributed by atoms with van der Waals surface area (Å²) in [6, 6.07) is 18.5. The number of carbonyl (C=O) groups excluding carboxylic acids is 1. The van der Waals surface area contributed by atoms with Crippen molar-refractivity contribution in [3.05, 3.63) is 65.7 Å². The molecule has 0 bridgehead atoms. The van der Waals surface area contributed by atoms with Crippen molar-refractivity contribution in [2.75, 3.05) is 18.0 Å². The van der Waals surface area contributed by atoms with Gasteiger partial charge in [-0.25, -0.2) is 0 Å². The summed E-state index contributed by atoms with van der Waals surface area (Å²) in [4.78, 5) is 19.5. The molecule has 25 heavy (non-hydrogen) atoms. The van der Waals surface area contributed by atoms with Gasteiger partial charge >= 0.3 is 0 Å². The zero-order chi connectivity index (χ0) is 17.7. The highest BCUT2D eigenvalue weighted by Crippen LogP contribution is 2.47. The van der Waals surface area contributed by atoms with Gasteiger partial charge in [0.15, 0.2) is 5.54 Å². The van der Waals surface area contributed by atoms with Crippen LogP contribution in [0.4, 0.5) is 5.69 Å². The number of amides is 1. The number of amidine groups is 1. The van der Waals surface area contributed by atoms with Gasteiger partial charge in [0.25, 0.3) is 0 Å². The van der Waals surface area contributed by atoms with Gasteiger partial charge in [0.2, 0.25) is 5.91 Å².